The van der Waals surface area contributed by atoms with E-state index in [0.717, 1.165) is 25.9 Å². The van der Waals surface area contributed by atoms with Gasteiger partial charge in [-0.2, -0.15) is 0 Å². The van der Waals surface area contributed by atoms with Gasteiger partial charge in [0, 0.05) is 25.6 Å². The first kappa shape index (κ1) is 13.6. The molecule has 3 atom stereocenters. The Kier molecular flexibility index (Phi) is 3.79. The minimum absolute atomic E-state index is 0.299. The topological polar surface area (TPSA) is 46.3 Å². The van der Waals surface area contributed by atoms with Crippen molar-refractivity contribution in [2.75, 3.05) is 13.1 Å². The van der Waals surface area contributed by atoms with Gasteiger partial charge < -0.3 is 10.6 Å². The number of fused-ring (bicyclic) bond motifs is 1. The van der Waals surface area contributed by atoms with Crippen LogP contribution in [0.25, 0.3) is 0 Å². The van der Waals surface area contributed by atoms with Crippen LogP contribution in [0.1, 0.15) is 30.4 Å². The fourth-order valence-electron chi connectivity index (χ4n) is 3.79. The van der Waals surface area contributed by atoms with Crippen LogP contribution in [0.2, 0.25) is 0 Å². The van der Waals surface area contributed by atoms with Crippen molar-refractivity contribution >= 4 is 5.91 Å². The highest BCUT2D eigenvalue weighted by atomic mass is 16.2. The molecule has 0 bridgehead atoms. The summed E-state index contributed by atoms with van der Waals surface area (Å²) >= 11 is 0. The summed E-state index contributed by atoms with van der Waals surface area (Å²) in [7, 11) is 0. The molecule has 1 aromatic rings. The second kappa shape index (κ2) is 5.57. The molecule has 1 saturated heterocycles. The quantitative estimate of drug-likeness (QED) is 0.916. The first-order chi connectivity index (χ1) is 9.63. The lowest BCUT2D eigenvalue weighted by Crippen LogP contribution is -2.33. The molecule has 3 heteroatoms. The van der Waals surface area contributed by atoms with Crippen molar-refractivity contribution in [2.45, 2.75) is 38.6 Å². The zero-order chi connectivity index (χ0) is 14.1. The van der Waals surface area contributed by atoms with E-state index >= 15 is 0 Å². The van der Waals surface area contributed by atoms with Gasteiger partial charge in [0.05, 0.1) is 0 Å². The van der Waals surface area contributed by atoms with Crippen LogP contribution in [0, 0.1) is 18.8 Å². The number of carbonyl (C=O) groups is 1. The number of rotatable bonds is 3. The maximum absolute atomic E-state index is 12.3. The fraction of sp³-hybridized carbons (Fsp3) is 0.588. The van der Waals surface area contributed by atoms with Crippen LogP contribution < -0.4 is 5.73 Å². The van der Waals surface area contributed by atoms with E-state index in [2.05, 4.69) is 31.2 Å². The number of nitrogens with zero attached hydrogens (tertiary/aromatic N) is 1. The zero-order valence-corrected chi connectivity index (χ0v) is 12.2. The third-order valence-electron chi connectivity index (χ3n) is 4.98. The second-order valence-electron chi connectivity index (χ2n) is 6.45. The molecule has 3 nitrogen and oxygen atoms in total. The third-order valence-corrected chi connectivity index (χ3v) is 4.98. The average molecular weight is 272 g/mol. The van der Waals surface area contributed by atoms with Crippen LogP contribution in [0.5, 0.6) is 0 Å². The number of benzene rings is 1. The minimum Gasteiger partial charge on any atom is -0.342 e. The summed E-state index contributed by atoms with van der Waals surface area (Å²) in [5.41, 5.74) is 8.65. The molecule has 0 radical (unpaired) electrons. The van der Waals surface area contributed by atoms with Gasteiger partial charge >= 0.3 is 0 Å². The van der Waals surface area contributed by atoms with Gasteiger partial charge in [0.15, 0.2) is 0 Å². The predicted octanol–water partition coefficient (Wildman–Crippen LogP) is 2.12. The van der Waals surface area contributed by atoms with Gasteiger partial charge in [-0.3, -0.25) is 4.79 Å². The number of likely N-dealkylation sites (tertiary alicyclic amines) is 1. The van der Waals surface area contributed by atoms with Crippen molar-refractivity contribution in [1.29, 1.82) is 0 Å². The lowest BCUT2D eigenvalue weighted by Gasteiger charge is -2.18. The third kappa shape index (κ3) is 2.73. The lowest BCUT2D eigenvalue weighted by atomic mass is 9.98. The smallest absolute Gasteiger partial charge is 0.222 e. The SMILES string of the molecule is Cc1cccc(CCC(=O)N2CC3CCC(N)C3C2)c1. The van der Waals surface area contributed by atoms with Gasteiger partial charge in [-0.05, 0) is 43.6 Å². The van der Waals surface area contributed by atoms with Crippen LogP contribution >= 0.6 is 0 Å². The molecule has 3 unspecified atom stereocenters. The van der Waals surface area contributed by atoms with Gasteiger partial charge in [0.25, 0.3) is 0 Å². The Morgan fingerprint density at radius 3 is 2.95 bits per heavy atom. The largest absolute Gasteiger partial charge is 0.342 e. The first-order valence-electron chi connectivity index (χ1n) is 7.72. The predicted molar refractivity (Wildman–Crippen MR) is 80.3 cm³/mol. The van der Waals surface area contributed by atoms with E-state index in [4.69, 9.17) is 5.73 Å². The highest BCUT2D eigenvalue weighted by molar-refractivity contribution is 5.76. The van der Waals surface area contributed by atoms with Gasteiger partial charge in [0.1, 0.15) is 0 Å². The Hall–Kier alpha value is -1.35. The summed E-state index contributed by atoms with van der Waals surface area (Å²) in [6, 6.07) is 8.74. The first-order valence-corrected chi connectivity index (χ1v) is 7.72. The fourth-order valence-corrected chi connectivity index (χ4v) is 3.79. The maximum Gasteiger partial charge on any atom is 0.222 e. The molecule has 2 aliphatic rings. The van der Waals surface area contributed by atoms with E-state index in [-0.39, 0.29) is 0 Å². The Bertz CT molecular complexity index is 500. The normalized spacial score (nSPS) is 28.7. The Morgan fingerprint density at radius 2 is 2.20 bits per heavy atom. The molecule has 2 N–H and O–H groups in total. The summed E-state index contributed by atoms with van der Waals surface area (Å²) in [6.07, 6.45) is 3.81. The van der Waals surface area contributed by atoms with Gasteiger partial charge in [-0.1, -0.05) is 29.8 Å². The van der Waals surface area contributed by atoms with Crippen molar-refractivity contribution in [1.82, 2.24) is 4.90 Å². The summed E-state index contributed by atoms with van der Waals surface area (Å²) in [4.78, 5) is 14.4. The van der Waals surface area contributed by atoms with E-state index < -0.39 is 0 Å². The number of nitrogens with two attached hydrogens (primary N) is 1. The van der Waals surface area contributed by atoms with Crippen molar-refractivity contribution in [3.8, 4) is 0 Å². The maximum atomic E-state index is 12.3. The monoisotopic (exact) mass is 272 g/mol. The molecule has 2 fully saturated rings. The Morgan fingerprint density at radius 1 is 1.35 bits per heavy atom. The van der Waals surface area contributed by atoms with Gasteiger partial charge in [0.2, 0.25) is 5.91 Å². The summed E-state index contributed by atoms with van der Waals surface area (Å²) < 4.78 is 0. The Balaban J connectivity index is 1.53. The zero-order valence-electron chi connectivity index (χ0n) is 12.2. The van der Waals surface area contributed by atoms with E-state index in [9.17, 15) is 4.79 Å². The molecule has 0 spiro atoms. The molecule has 0 aromatic heterocycles. The number of hydrogen-bond acceptors (Lipinski definition) is 2. The van der Waals surface area contributed by atoms with E-state index in [1.165, 1.54) is 17.5 Å². The van der Waals surface area contributed by atoms with Crippen molar-refractivity contribution in [3.05, 3.63) is 35.4 Å². The Labute approximate surface area is 121 Å². The van der Waals surface area contributed by atoms with Crippen molar-refractivity contribution in [2.24, 2.45) is 17.6 Å². The minimum atomic E-state index is 0.299. The van der Waals surface area contributed by atoms with E-state index in [1.54, 1.807) is 0 Å². The number of hydrogen-bond donors (Lipinski definition) is 1. The molecular weight excluding hydrogens is 248 g/mol. The van der Waals surface area contributed by atoms with Crippen LogP contribution in [-0.4, -0.2) is 29.9 Å². The lowest BCUT2D eigenvalue weighted by molar-refractivity contribution is -0.130. The molecule has 1 aromatic carbocycles. The number of carbonyl (C=O) groups excluding carboxylic acids is 1. The average Bonchev–Trinajstić information content (AvgIpc) is 2.99. The van der Waals surface area contributed by atoms with Crippen LogP contribution in [0.3, 0.4) is 0 Å². The van der Waals surface area contributed by atoms with Crippen molar-refractivity contribution < 1.29 is 4.79 Å². The van der Waals surface area contributed by atoms with Crippen LogP contribution in [0.4, 0.5) is 0 Å². The number of amides is 1. The molecule has 1 amide bonds. The van der Waals surface area contributed by atoms with Crippen LogP contribution in [-0.2, 0) is 11.2 Å². The van der Waals surface area contributed by atoms with E-state index in [0.29, 0.717) is 30.2 Å². The van der Waals surface area contributed by atoms with E-state index in [1.807, 2.05) is 4.90 Å². The second-order valence-corrected chi connectivity index (χ2v) is 6.45. The molecular formula is C17H24N2O. The standard InChI is InChI=1S/C17H24N2O/c1-12-3-2-4-13(9-12)5-8-17(20)19-10-14-6-7-16(18)15(14)11-19/h2-4,9,14-16H,5-8,10-11,18H2,1H3. The molecule has 1 heterocycles. The van der Waals surface area contributed by atoms with Gasteiger partial charge in [-0.25, -0.2) is 0 Å². The molecule has 108 valence electrons. The number of aryl methyl sites for hydroxylation is 2. The molecule has 1 saturated carbocycles. The molecule has 20 heavy (non-hydrogen) atoms. The van der Waals surface area contributed by atoms with Gasteiger partial charge in [-0.15, -0.1) is 0 Å². The van der Waals surface area contributed by atoms with Crippen molar-refractivity contribution in [3.63, 3.8) is 0 Å². The highest BCUT2D eigenvalue weighted by Gasteiger charge is 2.42. The summed E-state index contributed by atoms with van der Waals surface area (Å²) in [5.74, 6) is 1.51. The molecule has 1 aliphatic carbocycles. The van der Waals surface area contributed by atoms with Crippen LogP contribution in [0.15, 0.2) is 24.3 Å². The summed E-state index contributed by atoms with van der Waals surface area (Å²) in [6.45, 7) is 3.91. The summed E-state index contributed by atoms with van der Waals surface area (Å²) in [5, 5.41) is 0. The molecule has 3 rings (SSSR count). The highest BCUT2D eigenvalue weighted by Crippen LogP contribution is 2.37. The molecule has 1 aliphatic heterocycles.